The topological polar surface area (TPSA) is 0 Å². The molecule has 0 unspecified atom stereocenters. The van der Waals surface area contributed by atoms with Gasteiger partial charge in [0.15, 0.2) is 0 Å². The zero-order valence-electron chi connectivity index (χ0n) is 12.0. The van der Waals surface area contributed by atoms with E-state index in [1.165, 1.54) is 0 Å². The summed E-state index contributed by atoms with van der Waals surface area (Å²) in [5.41, 5.74) is 0. The molecule has 0 aliphatic rings. The van der Waals surface area contributed by atoms with Crippen LogP contribution in [0.3, 0.4) is 0 Å². The SMILES string of the molecule is C=CC[N+](C)(C)CC[N+](C)(CC=C)CC=C.[Cl-].[Cl-]. The first-order valence-electron chi connectivity index (χ1n) is 5.87. The third-order valence-corrected chi connectivity index (χ3v) is 3.01. The molecule has 0 saturated heterocycles. The van der Waals surface area contributed by atoms with E-state index >= 15 is 0 Å². The molecular formula is C14H28Cl2N2. The van der Waals surface area contributed by atoms with Crippen LogP contribution in [0, 0.1) is 0 Å². The molecule has 0 atom stereocenters. The Labute approximate surface area is 126 Å². The molecule has 0 spiro atoms. The molecule has 0 aliphatic carbocycles. The van der Waals surface area contributed by atoms with Crippen molar-refractivity contribution in [1.29, 1.82) is 0 Å². The fourth-order valence-electron chi connectivity index (χ4n) is 1.83. The van der Waals surface area contributed by atoms with Gasteiger partial charge in [-0.1, -0.05) is 19.7 Å². The molecule has 0 rings (SSSR count). The van der Waals surface area contributed by atoms with Crippen molar-refractivity contribution >= 4 is 0 Å². The van der Waals surface area contributed by atoms with Crippen molar-refractivity contribution in [1.82, 2.24) is 0 Å². The van der Waals surface area contributed by atoms with E-state index in [1.807, 2.05) is 18.2 Å². The Hall–Kier alpha value is -0.280. The Morgan fingerprint density at radius 2 is 1.11 bits per heavy atom. The maximum atomic E-state index is 3.84. The van der Waals surface area contributed by atoms with Gasteiger partial charge in [0, 0.05) is 0 Å². The van der Waals surface area contributed by atoms with E-state index in [1.54, 1.807) is 0 Å². The van der Waals surface area contributed by atoms with Gasteiger partial charge < -0.3 is 33.8 Å². The summed E-state index contributed by atoms with van der Waals surface area (Å²) in [4.78, 5) is 0. The fraction of sp³-hybridized carbons (Fsp3) is 0.571. The highest BCUT2D eigenvalue weighted by Crippen LogP contribution is 2.06. The predicted molar refractivity (Wildman–Crippen MR) is 73.2 cm³/mol. The third-order valence-electron chi connectivity index (χ3n) is 3.01. The van der Waals surface area contributed by atoms with E-state index < -0.39 is 0 Å². The van der Waals surface area contributed by atoms with Crippen molar-refractivity contribution in [3.63, 3.8) is 0 Å². The van der Waals surface area contributed by atoms with Crippen molar-refractivity contribution in [2.24, 2.45) is 0 Å². The Bertz CT molecular complexity index is 240. The van der Waals surface area contributed by atoms with E-state index in [2.05, 4.69) is 40.9 Å². The van der Waals surface area contributed by atoms with Crippen molar-refractivity contribution < 1.29 is 33.8 Å². The summed E-state index contributed by atoms with van der Waals surface area (Å²) >= 11 is 0. The molecule has 0 aromatic heterocycles. The van der Waals surface area contributed by atoms with Crippen LogP contribution in [0.1, 0.15) is 0 Å². The van der Waals surface area contributed by atoms with Gasteiger partial charge in [0.05, 0.1) is 40.8 Å². The van der Waals surface area contributed by atoms with Crippen molar-refractivity contribution in [2.45, 2.75) is 0 Å². The number of hydrogen-bond donors (Lipinski definition) is 0. The summed E-state index contributed by atoms with van der Waals surface area (Å²) in [5, 5.41) is 0. The van der Waals surface area contributed by atoms with Gasteiger partial charge in [-0.25, -0.2) is 0 Å². The number of rotatable bonds is 9. The third kappa shape index (κ3) is 9.72. The van der Waals surface area contributed by atoms with Crippen LogP contribution in [0.4, 0.5) is 0 Å². The summed E-state index contributed by atoms with van der Waals surface area (Å²) in [6.45, 7) is 16.8. The van der Waals surface area contributed by atoms with Crippen LogP contribution in [-0.2, 0) is 0 Å². The van der Waals surface area contributed by atoms with Crippen LogP contribution < -0.4 is 24.8 Å². The lowest BCUT2D eigenvalue weighted by Crippen LogP contribution is -3.00. The van der Waals surface area contributed by atoms with Crippen LogP contribution in [0.5, 0.6) is 0 Å². The summed E-state index contributed by atoms with van der Waals surface area (Å²) < 4.78 is 1.98. The summed E-state index contributed by atoms with van der Waals surface area (Å²) in [5.74, 6) is 0. The number of nitrogens with zero attached hydrogens (tertiary/aromatic N) is 2. The molecule has 4 heteroatoms. The highest BCUT2D eigenvalue weighted by atomic mass is 35.5. The lowest BCUT2D eigenvalue weighted by molar-refractivity contribution is -0.947. The lowest BCUT2D eigenvalue weighted by Gasteiger charge is -2.36. The first kappa shape index (κ1) is 22.9. The van der Waals surface area contributed by atoms with E-state index in [9.17, 15) is 0 Å². The Kier molecular flexibility index (Phi) is 13.5. The van der Waals surface area contributed by atoms with Crippen molar-refractivity contribution in [2.75, 3.05) is 53.9 Å². The molecule has 108 valence electrons. The Balaban J connectivity index is -0.00000112. The minimum atomic E-state index is 0. The van der Waals surface area contributed by atoms with Gasteiger partial charge in [0.25, 0.3) is 0 Å². The summed E-state index contributed by atoms with van der Waals surface area (Å²) in [6.07, 6.45) is 5.99. The molecular weight excluding hydrogens is 267 g/mol. The highest BCUT2D eigenvalue weighted by molar-refractivity contribution is 4.71. The molecule has 0 N–H and O–H groups in total. The van der Waals surface area contributed by atoms with Crippen molar-refractivity contribution in [3.8, 4) is 0 Å². The predicted octanol–water partition coefficient (Wildman–Crippen LogP) is -3.92. The molecule has 18 heavy (non-hydrogen) atoms. The number of likely N-dealkylation sites (N-methyl/N-ethyl adjacent to an activating group) is 2. The molecule has 0 amide bonds. The Morgan fingerprint density at radius 1 is 0.722 bits per heavy atom. The average molecular weight is 295 g/mol. The molecule has 0 saturated carbocycles. The van der Waals surface area contributed by atoms with Gasteiger partial charge in [-0.15, -0.1) is 0 Å². The molecule has 0 aromatic carbocycles. The van der Waals surface area contributed by atoms with Gasteiger partial charge in [-0.3, -0.25) is 0 Å². The maximum absolute atomic E-state index is 3.84. The molecule has 2 nitrogen and oxygen atoms in total. The van der Waals surface area contributed by atoms with E-state index in [-0.39, 0.29) is 24.8 Å². The largest absolute Gasteiger partial charge is 1.00 e. The quantitative estimate of drug-likeness (QED) is 0.301. The standard InChI is InChI=1S/C14H28N2.2ClH/c1-7-10-15(4,5)13-14-16(6,11-8-2)12-9-3;;/h7-9H,1-3,10-14H2,4-6H3;2*1H/q+2;;/p-2. The number of hydrogen-bond acceptors (Lipinski definition) is 0. The van der Waals surface area contributed by atoms with Crippen LogP contribution in [0.25, 0.3) is 0 Å². The van der Waals surface area contributed by atoms with Crippen LogP contribution in [0.2, 0.25) is 0 Å². The van der Waals surface area contributed by atoms with E-state index in [4.69, 9.17) is 0 Å². The van der Waals surface area contributed by atoms with E-state index in [0.29, 0.717) is 0 Å². The Morgan fingerprint density at radius 3 is 1.44 bits per heavy atom. The monoisotopic (exact) mass is 294 g/mol. The average Bonchev–Trinajstić information content (AvgIpc) is 2.16. The molecule has 0 heterocycles. The smallest absolute Gasteiger partial charge is 0.129 e. The first-order valence-corrected chi connectivity index (χ1v) is 5.87. The second kappa shape index (κ2) is 10.6. The van der Waals surface area contributed by atoms with Gasteiger partial charge in [0.1, 0.15) is 13.1 Å². The number of halogens is 2. The number of quaternary nitrogens is 2. The summed E-state index contributed by atoms with van der Waals surface area (Å²) in [6, 6.07) is 0. The van der Waals surface area contributed by atoms with E-state index in [0.717, 1.165) is 41.7 Å². The second-order valence-electron chi connectivity index (χ2n) is 5.42. The molecule has 0 aromatic rings. The molecule has 0 bridgehead atoms. The fourth-order valence-corrected chi connectivity index (χ4v) is 1.83. The minimum Gasteiger partial charge on any atom is -1.00 e. The summed E-state index contributed by atoms with van der Waals surface area (Å²) in [7, 11) is 6.75. The molecule has 0 aliphatic heterocycles. The van der Waals surface area contributed by atoms with Gasteiger partial charge in [0.2, 0.25) is 0 Å². The van der Waals surface area contributed by atoms with Crippen LogP contribution in [0.15, 0.2) is 38.0 Å². The molecule has 0 radical (unpaired) electrons. The van der Waals surface area contributed by atoms with Crippen molar-refractivity contribution in [3.05, 3.63) is 38.0 Å². The van der Waals surface area contributed by atoms with Gasteiger partial charge >= 0.3 is 0 Å². The maximum Gasteiger partial charge on any atom is 0.129 e. The van der Waals surface area contributed by atoms with Crippen LogP contribution in [-0.4, -0.2) is 62.8 Å². The zero-order chi connectivity index (χ0) is 12.7. The minimum absolute atomic E-state index is 0. The zero-order valence-corrected chi connectivity index (χ0v) is 13.6. The van der Waals surface area contributed by atoms with Gasteiger partial charge in [-0.05, 0) is 18.2 Å². The lowest BCUT2D eigenvalue weighted by atomic mass is 10.3. The second-order valence-corrected chi connectivity index (χ2v) is 5.42. The molecule has 0 fully saturated rings. The van der Waals surface area contributed by atoms with Gasteiger partial charge in [-0.2, -0.15) is 0 Å². The highest BCUT2D eigenvalue weighted by Gasteiger charge is 2.23. The first-order chi connectivity index (χ1) is 7.39. The normalized spacial score (nSPS) is 10.8. The van der Waals surface area contributed by atoms with Crippen LogP contribution >= 0.6 is 0 Å².